The lowest BCUT2D eigenvalue weighted by atomic mass is 9.85. The molecule has 1 N–H and O–H groups in total. The van der Waals surface area contributed by atoms with E-state index < -0.39 is 5.67 Å². The molecular formula is C17H25Cl2FN2. The third-order valence-electron chi connectivity index (χ3n) is 4.97. The van der Waals surface area contributed by atoms with E-state index in [1.54, 1.807) is 12.1 Å². The lowest BCUT2D eigenvalue weighted by Crippen LogP contribution is -2.43. The maximum Gasteiger partial charge on any atom is 0.138 e. The predicted molar refractivity (Wildman–Crippen MR) is 92.8 cm³/mol. The van der Waals surface area contributed by atoms with Gasteiger partial charge in [0.15, 0.2) is 0 Å². The molecule has 1 aromatic rings. The summed E-state index contributed by atoms with van der Waals surface area (Å²) in [5.74, 6) is 0.782. The van der Waals surface area contributed by atoms with Gasteiger partial charge in [-0.05, 0) is 62.4 Å². The van der Waals surface area contributed by atoms with Gasteiger partial charge in [-0.3, -0.25) is 0 Å². The lowest BCUT2D eigenvalue weighted by Gasteiger charge is -2.38. The third-order valence-corrected chi connectivity index (χ3v) is 5.20. The topological polar surface area (TPSA) is 15.3 Å². The van der Waals surface area contributed by atoms with Gasteiger partial charge in [0.2, 0.25) is 0 Å². The van der Waals surface area contributed by atoms with E-state index in [0.29, 0.717) is 17.9 Å². The fourth-order valence-corrected chi connectivity index (χ4v) is 3.77. The van der Waals surface area contributed by atoms with Crippen LogP contribution in [0.2, 0.25) is 5.02 Å². The molecular weight excluding hydrogens is 322 g/mol. The predicted octanol–water partition coefficient (Wildman–Crippen LogP) is 4.02. The average molecular weight is 347 g/mol. The maximum atomic E-state index is 15.1. The van der Waals surface area contributed by atoms with Crippen molar-refractivity contribution < 1.29 is 4.39 Å². The van der Waals surface area contributed by atoms with E-state index in [1.807, 2.05) is 12.1 Å². The maximum absolute atomic E-state index is 15.1. The van der Waals surface area contributed by atoms with E-state index in [-0.39, 0.29) is 12.4 Å². The number of nitrogens with zero attached hydrogens (tertiary/aromatic N) is 1. The van der Waals surface area contributed by atoms with Crippen molar-refractivity contribution >= 4 is 24.0 Å². The van der Waals surface area contributed by atoms with E-state index in [1.165, 1.54) is 12.8 Å². The largest absolute Gasteiger partial charge is 0.317 e. The molecule has 2 heterocycles. The lowest BCUT2D eigenvalue weighted by molar-refractivity contribution is 0.0465. The number of benzene rings is 1. The molecule has 2 aliphatic rings. The highest BCUT2D eigenvalue weighted by atomic mass is 35.5. The monoisotopic (exact) mass is 346 g/mol. The summed E-state index contributed by atoms with van der Waals surface area (Å²) in [6.45, 7) is 5.11. The van der Waals surface area contributed by atoms with Crippen molar-refractivity contribution in [2.75, 3.05) is 32.7 Å². The number of likely N-dealkylation sites (tertiary alicyclic amines) is 1. The Morgan fingerprint density at radius 1 is 1.23 bits per heavy atom. The van der Waals surface area contributed by atoms with E-state index in [0.717, 1.165) is 44.2 Å². The van der Waals surface area contributed by atoms with Crippen molar-refractivity contribution in [1.82, 2.24) is 10.2 Å². The highest BCUT2D eigenvalue weighted by Gasteiger charge is 2.36. The minimum absolute atomic E-state index is 0. The van der Waals surface area contributed by atoms with E-state index in [2.05, 4.69) is 10.2 Å². The second-order valence-electron chi connectivity index (χ2n) is 6.47. The molecule has 124 valence electrons. The minimum atomic E-state index is -1.20. The summed E-state index contributed by atoms with van der Waals surface area (Å²) < 4.78 is 15.1. The summed E-state index contributed by atoms with van der Waals surface area (Å²) in [5, 5.41) is 4.03. The smallest absolute Gasteiger partial charge is 0.138 e. The van der Waals surface area contributed by atoms with Crippen molar-refractivity contribution in [3.05, 3.63) is 34.9 Å². The molecule has 22 heavy (non-hydrogen) atoms. The first-order valence-electron chi connectivity index (χ1n) is 8.04. The summed E-state index contributed by atoms with van der Waals surface area (Å²) in [7, 11) is 0. The molecule has 2 saturated heterocycles. The van der Waals surface area contributed by atoms with Gasteiger partial charge < -0.3 is 10.2 Å². The van der Waals surface area contributed by atoms with Crippen LogP contribution in [0.25, 0.3) is 0 Å². The van der Waals surface area contributed by atoms with Crippen molar-refractivity contribution in [3.63, 3.8) is 0 Å². The number of hydrogen-bond donors (Lipinski definition) is 1. The molecule has 2 aliphatic heterocycles. The van der Waals surface area contributed by atoms with Gasteiger partial charge in [-0.25, -0.2) is 4.39 Å². The van der Waals surface area contributed by atoms with Gasteiger partial charge in [-0.2, -0.15) is 0 Å². The van der Waals surface area contributed by atoms with Crippen LogP contribution in [-0.4, -0.2) is 37.6 Å². The Morgan fingerprint density at radius 3 is 2.55 bits per heavy atom. The molecule has 0 spiro atoms. The second kappa shape index (κ2) is 7.96. The molecule has 2 fully saturated rings. The molecule has 0 aliphatic carbocycles. The Kier molecular flexibility index (Phi) is 6.51. The number of nitrogens with one attached hydrogen (secondary N) is 1. The zero-order valence-electron chi connectivity index (χ0n) is 12.9. The van der Waals surface area contributed by atoms with Crippen LogP contribution in [0.15, 0.2) is 24.3 Å². The number of hydrogen-bond acceptors (Lipinski definition) is 2. The van der Waals surface area contributed by atoms with Gasteiger partial charge in [-0.15, -0.1) is 12.4 Å². The number of piperidine rings is 2. The molecule has 3 rings (SSSR count). The van der Waals surface area contributed by atoms with Crippen molar-refractivity contribution in [2.24, 2.45) is 5.92 Å². The van der Waals surface area contributed by atoms with Crippen LogP contribution in [0.4, 0.5) is 4.39 Å². The molecule has 2 nitrogen and oxygen atoms in total. The van der Waals surface area contributed by atoms with Gasteiger partial charge in [0.1, 0.15) is 5.67 Å². The van der Waals surface area contributed by atoms with Gasteiger partial charge in [-0.1, -0.05) is 23.7 Å². The molecule has 1 aromatic carbocycles. The summed E-state index contributed by atoms with van der Waals surface area (Å²) in [4.78, 5) is 2.44. The van der Waals surface area contributed by atoms with Crippen LogP contribution in [0.1, 0.15) is 31.2 Å². The Balaban J connectivity index is 0.00000176. The van der Waals surface area contributed by atoms with Crippen LogP contribution in [0.5, 0.6) is 0 Å². The van der Waals surface area contributed by atoms with Crippen molar-refractivity contribution in [2.45, 2.75) is 31.4 Å². The molecule has 0 bridgehead atoms. The quantitative estimate of drug-likeness (QED) is 0.888. The average Bonchev–Trinajstić information content (AvgIpc) is 2.51. The number of rotatable bonds is 3. The standard InChI is InChI=1S/C17H24ClFN2.ClH/c18-16-3-1-2-15(12-16)17(19)6-10-21(11-7-17)13-14-4-8-20-9-5-14;/h1-3,12,14,20H,4-11,13H2;1H. The van der Waals surface area contributed by atoms with Crippen LogP contribution < -0.4 is 5.32 Å². The number of alkyl halides is 1. The summed E-state index contributed by atoms with van der Waals surface area (Å²) in [5.41, 5.74) is -0.452. The molecule has 0 amide bonds. The summed E-state index contributed by atoms with van der Waals surface area (Å²) >= 11 is 6.00. The van der Waals surface area contributed by atoms with Crippen molar-refractivity contribution in [3.8, 4) is 0 Å². The normalized spacial score (nSPS) is 23.0. The van der Waals surface area contributed by atoms with E-state index in [4.69, 9.17) is 11.6 Å². The Morgan fingerprint density at radius 2 is 1.91 bits per heavy atom. The molecule has 0 saturated carbocycles. The Bertz CT molecular complexity index is 469. The Hall–Kier alpha value is -0.350. The summed E-state index contributed by atoms with van der Waals surface area (Å²) in [6.07, 6.45) is 3.67. The fourth-order valence-electron chi connectivity index (χ4n) is 3.58. The number of halogens is 3. The first-order valence-corrected chi connectivity index (χ1v) is 8.41. The van der Waals surface area contributed by atoms with Gasteiger partial charge in [0.05, 0.1) is 0 Å². The van der Waals surface area contributed by atoms with Crippen LogP contribution in [-0.2, 0) is 5.67 Å². The fraction of sp³-hybridized carbons (Fsp3) is 0.647. The zero-order valence-corrected chi connectivity index (χ0v) is 14.4. The zero-order chi connectivity index (χ0) is 14.7. The van der Waals surface area contributed by atoms with Crippen LogP contribution in [0.3, 0.4) is 0 Å². The van der Waals surface area contributed by atoms with Gasteiger partial charge >= 0.3 is 0 Å². The highest BCUT2D eigenvalue weighted by Crippen LogP contribution is 2.38. The summed E-state index contributed by atoms with van der Waals surface area (Å²) in [6, 6.07) is 7.30. The van der Waals surface area contributed by atoms with E-state index >= 15 is 4.39 Å². The molecule has 5 heteroatoms. The van der Waals surface area contributed by atoms with Crippen molar-refractivity contribution in [1.29, 1.82) is 0 Å². The molecule has 0 radical (unpaired) electrons. The molecule has 0 unspecified atom stereocenters. The third kappa shape index (κ3) is 4.35. The second-order valence-corrected chi connectivity index (χ2v) is 6.91. The van der Waals surface area contributed by atoms with Crippen LogP contribution in [0, 0.1) is 5.92 Å². The van der Waals surface area contributed by atoms with E-state index in [9.17, 15) is 0 Å². The van der Waals surface area contributed by atoms with Gasteiger partial charge in [0, 0.05) is 24.7 Å². The molecule has 0 aromatic heterocycles. The first kappa shape index (κ1) is 18.0. The molecule has 0 atom stereocenters. The highest BCUT2D eigenvalue weighted by molar-refractivity contribution is 6.30. The minimum Gasteiger partial charge on any atom is -0.317 e. The van der Waals surface area contributed by atoms with Gasteiger partial charge in [0.25, 0.3) is 0 Å². The Labute approximate surface area is 143 Å². The van der Waals surface area contributed by atoms with Crippen LogP contribution >= 0.6 is 24.0 Å². The SMILES string of the molecule is Cl.FC1(c2cccc(Cl)c2)CCN(CC2CCNCC2)CC1. The first-order chi connectivity index (χ1) is 10.2.